The number of nitrogens with zero attached hydrogens (tertiary/aromatic N) is 1. The van der Waals surface area contributed by atoms with Gasteiger partial charge in [0.25, 0.3) is 0 Å². The average Bonchev–Trinajstić information content (AvgIpc) is 2.65. The van der Waals surface area contributed by atoms with Gasteiger partial charge in [-0.05, 0) is 19.3 Å². The van der Waals surface area contributed by atoms with Crippen molar-refractivity contribution in [1.29, 1.82) is 0 Å². The minimum Gasteiger partial charge on any atom is -0.446 e. The van der Waals surface area contributed by atoms with Crippen molar-refractivity contribution in [3.63, 3.8) is 0 Å². The predicted octanol–water partition coefficient (Wildman–Crippen LogP) is 0.335. The van der Waals surface area contributed by atoms with Crippen molar-refractivity contribution in [2.45, 2.75) is 31.4 Å². The van der Waals surface area contributed by atoms with Crippen molar-refractivity contribution in [2.24, 2.45) is 5.73 Å². The van der Waals surface area contributed by atoms with Crippen LogP contribution in [0.25, 0.3) is 0 Å². The number of morpholine rings is 1. The zero-order valence-corrected chi connectivity index (χ0v) is 8.85. The Hall–Kier alpha value is -0.810. The Kier molecular flexibility index (Phi) is 3.43. The molecule has 1 heterocycles. The van der Waals surface area contributed by atoms with E-state index in [0.29, 0.717) is 26.3 Å². The molecule has 1 saturated carbocycles. The number of carbonyl (C=O) groups is 1. The van der Waals surface area contributed by atoms with Gasteiger partial charge in [0, 0.05) is 19.1 Å². The summed E-state index contributed by atoms with van der Waals surface area (Å²) in [5.41, 5.74) is 5.75. The number of hydrogen-bond acceptors (Lipinski definition) is 4. The highest BCUT2D eigenvalue weighted by Crippen LogP contribution is 2.21. The molecular weight excluding hydrogens is 196 g/mol. The van der Waals surface area contributed by atoms with E-state index in [-0.39, 0.29) is 18.2 Å². The molecule has 1 saturated heterocycles. The first-order valence-corrected chi connectivity index (χ1v) is 5.54. The van der Waals surface area contributed by atoms with E-state index in [2.05, 4.69) is 0 Å². The maximum atomic E-state index is 11.7. The molecule has 0 aromatic rings. The number of carbonyl (C=O) groups excluding carboxylic acids is 1. The van der Waals surface area contributed by atoms with Gasteiger partial charge in [0.2, 0.25) is 0 Å². The van der Waals surface area contributed by atoms with Crippen LogP contribution in [-0.4, -0.2) is 49.4 Å². The van der Waals surface area contributed by atoms with Gasteiger partial charge in [-0.2, -0.15) is 0 Å². The first kappa shape index (κ1) is 10.7. The molecule has 0 aromatic heterocycles. The summed E-state index contributed by atoms with van der Waals surface area (Å²) in [5, 5.41) is 0. The summed E-state index contributed by atoms with van der Waals surface area (Å²) in [4.78, 5) is 13.4. The van der Waals surface area contributed by atoms with Crippen molar-refractivity contribution >= 4 is 6.09 Å². The first-order chi connectivity index (χ1) is 7.25. The molecule has 1 aliphatic heterocycles. The summed E-state index contributed by atoms with van der Waals surface area (Å²) in [6, 6.07) is 0.201. The molecule has 2 fully saturated rings. The normalized spacial score (nSPS) is 31.7. The number of ether oxygens (including phenoxy) is 2. The van der Waals surface area contributed by atoms with E-state index >= 15 is 0 Å². The Morgan fingerprint density at radius 3 is 2.67 bits per heavy atom. The first-order valence-electron chi connectivity index (χ1n) is 5.54. The van der Waals surface area contributed by atoms with Crippen LogP contribution < -0.4 is 5.73 Å². The third-order valence-corrected chi connectivity index (χ3v) is 2.96. The van der Waals surface area contributed by atoms with E-state index in [0.717, 1.165) is 19.3 Å². The van der Waals surface area contributed by atoms with Crippen LogP contribution in [0, 0.1) is 0 Å². The van der Waals surface area contributed by atoms with E-state index in [4.69, 9.17) is 15.2 Å². The van der Waals surface area contributed by atoms with Crippen molar-refractivity contribution in [3.8, 4) is 0 Å². The van der Waals surface area contributed by atoms with Gasteiger partial charge in [0.15, 0.2) is 0 Å². The lowest BCUT2D eigenvalue weighted by Gasteiger charge is -2.27. The monoisotopic (exact) mass is 214 g/mol. The second kappa shape index (κ2) is 4.81. The average molecular weight is 214 g/mol. The minimum atomic E-state index is -0.211. The molecule has 5 heteroatoms. The largest absolute Gasteiger partial charge is 0.446 e. The number of nitrogens with two attached hydrogens (primary N) is 1. The SMILES string of the molecule is NC1CCC(OC(=O)N2CCOCC2)C1. The van der Waals surface area contributed by atoms with Crippen LogP contribution in [0.2, 0.25) is 0 Å². The van der Waals surface area contributed by atoms with E-state index in [1.807, 2.05) is 0 Å². The van der Waals surface area contributed by atoms with Crippen LogP contribution in [0.3, 0.4) is 0 Å². The highest BCUT2D eigenvalue weighted by atomic mass is 16.6. The summed E-state index contributed by atoms with van der Waals surface area (Å²) in [7, 11) is 0. The van der Waals surface area contributed by atoms with Gasteiger partial charge in [-0.3, -0.25) is 0 Å². The maximum absolute atomic E-state index is 11.7. The molecule has 2 N–H and O–H groups in total. The fraction of sp³-hybridized carbons (Fsp3) is 0.900. The standard InChI is InChI=1S/C10H18N2O3/c11-8-1-2-9(7-8)15-10(13)12-3-5-14-6-4-12/h8-9H,1-7,11H2. The topological polar surface area (TPSA) is 64.8 Å². The summed E-state index contributed by atoms with van der Waals surface area (Å²) >= 11 is 0. The summed E-state index contributed by atoms with van der Waals surface area (Å²) in [6.07, 6.45) is 2.47. The van der Waals surface area contributed by atoms with Crippen LogP contribution in [0.5, 0.6) is 0 Å². The molecular formula is C10H18N2O3. The van der Waals surface area contributed by atoms with Crippen LogP contribution in [0.4, 0.5) is 4.79 Å². The molecule has 0 bridgehead atoms. The zero-order chi connectivity index (χ0) is 10.7. The Morgan fingerprint density at radius 1 is 1.33 bits per heavy atom. The highest BCUT2D eigenvalue weighted by Gasteiger charge is 2.27. The molecule has 1 aliphatic carbocycles. The van der Waals surface area contributed by atoms with Crippen molar-refractivity contribution in [1.82, 2.24) is 4.90 Å². The van der Waals surface area contributed by atoms with Gasteiger partial charge in [0.1, 0.15) is 6.10 Å². The second-order valence-corrected chi connectivity index (χ2v) is 4.18. The Morgan fingerprint density at radius 2 is 2.07 bits per heavy atom. The Balaban J connectivity index is 1.76. The fourth-order valence-electron chi connectivity index (χ4n) is 2.04. The van der Waals surface area contributed by atoms with Crippen LogP contribution in [0.15, 0.2) is 0 Å². The van der Waals surface area contributed by atoms with Gasteiger partial charge >= 0.3 is 6.09 Å². The number of amides is 1. The molecule has 2 unspecified atom stereocenters. The van der Waals surface area contributed by atoms with Gasteiger partial charge < -0.3 is 20.1 Å². The quantitative estimate of drug-likeness (QED) is 0.683. The van der Waals surface area contributed by atoms with E-state index in [1.54, 1.807) is 4.90 Å². The molecule has 15 heavy (non-hydrogen) atoms. The molecule has 86 valence electrons. The molecule has 2 atom stereocenters. The minimum absolute atomic E-state index is 0.0235. The predicted molar refractivity (Wildman–Crippen MR) is 54.5 cm³/mol. The molecule has 0 aromatic carbocycles. The van der Waals surface area contributed by atoms with E-state index in [1.165, 1.54) is 0 Å². The van der Waals surface area contributed by atoms with Crippen LogP contribution in [-0.2, 0) is 9.47 Å². The zero-order valence-electron chi connectivity index (χ0n) is 8.85. The lowest BCUT2D eigenvalue weighted by molar-refractivity contribution is 0.0136. The van der Waals surface area contributed by atoms with Crippen LogP contribution in [0.1, 0.15) is 19.3 Å². The van der Waals surface area contributed by atoms with E-state index in [9.17, 15) is 4.79 Å². The number of hydrogen-bond donors (Lipinski definition) is 1. The van der Waals surface area contributed by atoms with E-state index < -0.39 is 0 Å². The van der Waals surface area contributed by atoms with Gasteiger partial charge in [-0.1, -0.05) is 0 Å². The molecule has 2 rings (SSSR count). The van der Waals surface area contributed by atoms with Crippen molar-refractivity contribution < 1.29 is 14.3 Å². The molecule has 1 amide bonds. The molecule has 0 radical (unpaired) electrons. The Labute approximate surface area is 89.5 Å². The molecule has 0 spiro atoms. The second-order valence-electron chi connectivity index (χ2n) is 4.18. The Bertz CT molecular complexity index is 229. The third-order valence-electron chi connectivity index (χ3n) is 2.96. The molecule has 2 aliphatic rings. The lowest BCUT2D eigenvalue weighted by atomic mass is 10.3. The van der Waals surface area contributed by atoms with Gasteiger partial charge in [-0.25, -0.2) is 4.79 Å². The smallest absolute Gasteiger partial charge is 0.410 e. The number of rotatable bonds is 1. The fourth-order valence-corrected chi connectivity index (χ4v) is 2.04. The summed E-state index contributed by atoms with van der Waals surface area (Å²) in [5.74, 6) is 0. The summed E-state index contributed by atoms with van der Waals surface area (Å²) in [6.45, 7) is 2.49. The maximum Gasteiger partial charge on any atom is 0.410 e. The van der Waals surface area contributed by atoms with Crippen molar-refractivity contribution in [2.75, 3.05) is 26.3 Å². The van der Waals surface area contributed by atoms with Crippen LogP contribution >= 0.6 is 0 Å². The third kappa shape index (κ3) is 2.82. The highest BCUT2D eigenvalue weighted by molar-refractivity contribution is 5.67. The molecule has 5 nitrogen and oxygen atoms in total. The van der Waals surface area contributed by atoms with Gasteiger partial charge in [-0.15, -0.1) is 0 Å². The van der Waals surface area contributed by atoms with Gasteiger partial charge in [0.05, 0.1) is 13.2 Å². The summed E-state index contributed by atoms with van der Waals surface area (Å²) < 4.78 is 10.5. The lowest BCUT2D eigenvalue weighted by Crippen LogP contribution is -2.42. The van der Waals surface area contributed by atoms with Crippen molar-refractivity contribution in [3.05, 3.63) is 0 Å².